The zero-order valence-electron chi connectivity index (χ0n) is 15.0. The van der Waals surface area contributed by atoms with Crippen LogP contribution in [-0.2, 0) is 11.2 Å². The number of hydrogen-bond donors (Lipinski definition) is 0. The number of fused-ring (bicyclic) bond motifs is 5. The lowest BCUT2D eigenvalue weighted by atomic mass is 9.55. The molecule has 3 aliphatic carbocycles. The van der Waals surface area contributed by atoms with Gasteiger partial charge in [0.2, 0.25) is 0 Å². The highest BCUT2D eigenvalue weighted by atomic mass is 16.1. The van der Waals surface area contributed by atoms with Crippen molar-refractivity contribution in [2.24, 2.45) is 17.3 Å². The average Bonchev–Trinajstić information content (AvgIpc) is 2.81. The molecule has 124 valence electrons. The van der Waals surface area contributed by atoms with E-state index in [9.17, 15) is 4.79 Å². The molecule has 0 radical (unpaired) electrons. The molecular formula is C21H29NO. The van der Waals surface area contributed by atoms with Crippen LogP contribution in [0.5, 0.6) is 0 Å². The summed E-state index contributed by atoms with van der Waals surface area (Å²) in [5.41, 5.74) is 5.91. The number of benzene rings is 1. The Balaban J connectivity index is 1.74. The monoisotopic (exact) mass is 311 g/mol. The van der Waals surface area contributed by atoms with Gasteiger partial charge in [0, 0.05) is 31.6 Å². The molecule has 0 spiro atoms. The molecule has 2 fully saturated rings. The molecule has 2 heteroatoms. The molecule has 0 saturated heterocycles. The van der Waals surface area contributed by atoms with Crippen LogP contribution in [0.15, 0.2) is 12.1 Å². The molecule has 2 saturated carbocycles. The van der Waals surface area contributed by atoms with Gasteiger partial charge in [-0.25, -0.2) is 0 Å². The predicted molar refractivity (Wildman–Crippen MR) is 95.1 cm³/mol. The van der Waals surface area contributed by atoms with E-state index in [2.05, 4.69) is 45.0 Å². The molecule has 3 aliphatic rings. The van der Waals surface area contributed by atoms with Crippen LogP contribution in [-0.4, -0.2) is 19.9 Å². The Kier molecular flexibility index (Phi) is 3.37. The van der Waals surface area contributed by atoms with Crippen molar-refractivity contribution in [2.45, 2.75) is 58.3 Å². The van der Waals surface area contributed by atoms with Crippen molar-refractivity contribution >= 4 is 11.5 Å². The van der Waals surface area contributed by atoms with Crippen molar-refractivity contribution in [1.29, 1.82) is 0 Å². The number of anilines is 1. The van der Waals surface area contributed by atoms with E-state index >= 15 is 0 Å². The lowest BCUT2D eigenvalue weighted by Crippen LogP contribution is -2.42. The van der Waals surface area contributed by atoms with Gasteiger partial charge in [0.25, 0.3) is 0 Å². The van der Waals surface area contributed by atoms with Crippen LogP contribution in [0.1, 0.15) is 61.6 Å². The number of nitrogens with zero attached hydrogens (tertiary/aromatic N) is 1. The van der Waals surface area contributed by atoms with E-state index in [1.807, 2.05) is 0 Å². The van der Waals surface area contributed by atoms with Gasteiger partial charge in [0.05, 0.1) is 0 Å². The summed E-state index contributed by atoms with van der Waals surface area (Å²) in [5, 5.41) is 0. The Hall–Kier alpha value is -1.31. The van der Waals surface area contributed by atoms with E-state index in [0.29, 0.717) is 17.6 Å². The summed E-state index contributed by atoms with van der Waals surface area (Å²) in [5.74, 6) is 2.59. The van der Waals surface area contributed by atoms with Gasteiger partial charge in [-0.1, -0.05) is 13.0 Å². The van der Waals surface area contributed by atoms with Gasteiger partial charge < -0.3 is 4.90 Å². The summed E-state index contributed by atoms with van der Waals surface area (Å²) < 4.78 is 0. The quantitative estimate of drug-likeness (QED) is 0.762. The fourth-order valence-electron chi connectivity index (χ4n) is 5.99. The minimum absolute atomic E-state index is 0.00621. The maximum absolute atomic E-state index is 12.4. The van der Waals surface area contributed by atoms with E-state index in [1.165, 1.54) is 30.5 Å². The van der Waals surface area contributed by atoms with E-state index < -0.39 is 0 Å². The highest BCUT2D eigenvalue weighted by Gasteiger charge is 2.54. The number of ketones is 1. The SMILES string of the molecule is Cc1cc2c(cc1N(C)C)C1CCC3(C)C(=O)CCC3C1CC2. The zero-order chi connectivity index (χ0) is 16.4. The van der Waals surface area contributed by atoms with Gasteiger partial charge in [-0.2, -0.15) is 0 Å². The third-order valence-electron chi connectivity index (χ3n) is 7.23. The average molecular weight is 311 g/mol. The van der Waals surface area contributed by atoms with Crippen LogP contribution >= 0.6 is 0 Å². The van der Waals surface area contributed by atoms with Gasteiger partial charge in [0.15, 0.2) is 0 Å². The maximum Gasteiger partial charge on any atom is 0.139 e. The maximum atomic E-state index is 12.4. The summed E-state index contributed by atoms with van der Waals surface area (Å²) in [6.07, 6.45) is 6.75. The third-order valence-corrected chi connectivity index (χ3v) is 7.23. The van der Waals surface area contributed by atoms with Crippen LogP contribution < -0.4 is 4.90 Å². The molecule has 1 aromatic carbocycles. The molecular weight excluding hydrogens is 282 g/mol. The summed E-state index contributed by atoms with van der Waals surface area (Å²) in [6, 6.07) is 4.88. The van der Waals surface area contributed by atoms with E-state index in [-0.39, 0.29) is 5.41 Å². The Morgan fingerprint density at radius 2 is 1.91 bits per heavy atom. The molecule has 4 rings (SSSR count). The number of Topliss-reactive ketones (excluding diaryl/α,β-unsaturated/α-hetero) is 1. The first kappa shape index (κ1) is 15.2. The second kappa shape index (κ2) is 5.09. The van der Waals surface area contributed by atoms with Gasteiger partial charge in [-0.15, -0.1) is 0 Å². The lowest BCUT2D eigenvalue weighted by molar-refractivity contribution is -0.129. The first-order chi connectivity index (χ1) is 10.9. The van der Waals surface area contributed by atoms with Crippen molar-refractivity contribution in [2.75, 3.05) is 19.0 Å². The molecule has 0 aromatic heterocycles. The number of carbonyl (C=O) groups excluding carboxylic acids is 1. The van der Waals surface area contributed by atoms with Crippen molar-refractivity contribution in [3.05, 3.63) is 28.8 Å². The van der Waals surface area contributed by atoms with E-state index in [4.69, 9.17) is 0 Å². The highest BCUT2D eigenvalue weighted by molar-refractivity contribution is 5.87. The number of hydrogen-bond acceptors (Lipinski definition) is 2. The second-order valence-electron chi connectivity index (χ2n) is 8.57. The molecule has 4 unspecified atom stereocenters. The molecule has 0 heterocycles. The van der Waals surface area contributed by atoms with Crippen molar-refractivity contribution in [1.82, 2.24) is 0 Å². The predicted octanol–water partition coefficient (Wildman–Crippen LogP) is 4.49. The van der Waals surface area contributed by atoms with Crippen LogP contribution in [0.25, 0.3) is 0 Å². The van der Waals surface area contributed by atoms with Crippen LogP contribution in [0.3, 0.4) is 0 Å². The third kappa shape index (κ3) is 2.10. The Labute approximate surface area is 140 Å². The normalized spacial score (nSPS) is 35.5. The summed E-state index contributed by atoms with van der Waals surface area (Å²) >= 11 is 0. The van der Waals surface area contributed by atoms with Gasteiger partial charge in [-0.05, 0) is 79.5 Å². The Morgan fingerprint density at radius 3 is 2.65 bits per heavy atom. The molecule has 0 bridgehead atoms. The number of aryl methyl sites for hydroxylation is 2. The van der Waals surface area contributed by atoms with E-state index in [1.54, 1.807) is 11.1 Å². The first-order valence-electron chi connectivity index (χ1n) is 9.26. The van der Waals surface area contributed by atoms with Gasteiger partial charge >= 0.3 is 0 Å². The molecule has 2 nitrogen and oxygen atoms in total. The minimum Gasteiger partial charge on any atom is -0.377 e. The van der Waals surface area contributed by atoms with Gasteiger partial charge in [0.1, 0.15) is 5.78 Å². The van der Waals surface area contributed by atoms with Crippen LogP contribution in [0.4, 0.5) is 5.69 Å². The molecule has 0 amide bonds. The lowest BCUT2D eigenvalue weighted by Gasteiger charge is -2.48. The van der Waals surface area contributed by atoms with Gasteiger partial charge in [-0.3, -0.25) is 4.79 Å². The van der Waals surface area contributed by atoms with Crippen molar-refractivity contribution in [3.63, 3.8) is 0 Å². The Bertz CT molecular complexity index is 662. The molecule has 4 atom stereocenters. The standard InChI is InChI=1S/C21H29NO/c1-13-11-14-5-6-16-15(17(14)12-19(13)22(3)4)9-10-21(2)18(16)7-8-20(21)23/h11-12,15-16,18H,5-10H2,1-4H3. The van der Waals surface area contributed by atoms with Crippen LogP contribution in [0.2, 0.25) is 0 Å². The topological polar surface area (TPSA) is 20.3 Å². The highest BCUT2D eigenvalue weighted by Crippen LogP contribution is 2.59. The minimum atomic E-state index is -0.00621. The second-order valence-corrected chi connectivity index (χ2v) is 8.57. The molecule has 23 heavy (non-hydrogen) atoms. The molecule has 0 N–H and O–H groups in total. The van der Waals surface area contributed by atoms with Crippen molar-refractivity contribution < 1.29 is 4.79 Å². The molecule has 0 aliphatic heterocycles. The van der Waals surface area contributed by atoms with E-state index in [0.717, 1.165) is 25.2 Å². The first-order valence-corrected chi connectivity index (χ1v) is 9.26. The zero-order valence-corrected chi connectivity index (χ0v) is 15.0. The summed E-state index contributed by atoms with van der Waals surface area (Å²) in [7, 11) is 4.28. The largest absolute Gasteiger partial charge is 0.377 e. The summed E-state index contributed by atoms with van der Waals surface area (Å²) in [6.45, 7) is 4.49. The fourth-order valence-corrected chi connectivity index (χ4v) is 5.99. The Morgan fingerprint density at radius 1 is 1.13 bits per heavy atom. The smallest absolute Gasteiger partial charge is 0.139 e. The summed E-state index contributed by atoms with van der Waals surface area (Å²) in [4.78, 5) is 14.7. The van der Waals surface area contributed by atoms with Crippen LogP contribution in [0, 0.1) is 24.2 Å². The fraction of sp³-hybridized carbons (Fsp3) is 0.667. The number of carbonyl (C=O) groups is 1. The number of rotatable bonds is 1. The molecule has 1 aromatic rings. The van der Waals surface area contributed by atoms with Crippen molar-refractivity contribution in [3.8, 4) is 0 Å².